The van der Waals surface area contributed by atoms with Gasteiger partial charge in [-0.15, -0.1) is 0 Å². The molecule has 0 fully saturated rings. The fourth-order valence-corrected chi connectivity index (χ4v) is 8.37. The van der Waals surface area contributed by atoms with Crippen molar-refractivity contribution in [1.29, 1.82) is 0 Å². The number of carbonyl (C=O) groups is 2. The van der Waals surface area contributed by atoms with Crippen LogP contribution in [0.15, 0.2) is 128 Å². The quantitative estimate of drug-likeness (QED) is 0.119. The van der Waals surface area contributed by atoms with Crippen LogP contribution in [0.2, 0.25) is 5.02 Å². The topological polar surface area (TPSA) is 110 Å². The van der Waals surface area contributed by atoms with Crippen molar-refractivity contribution >= 4 is 23.5 Å². The van der Waals surface area contributed by atoms with Crippen molar-refractivity contribution in [3.63, 3.8) is 0 Å². The summed E-state index contributed by atoms with van der Waals surface area (Å²) in [6, 6.07) is 37.6. The van der Waals surface area contributed by atoms with Crippen molar-refractivity contribution in [2.75, 3.05) is 6.61 Å². The van der Waals surface area contributed by atoms with Crippen LogP contribution < -0.4 is 19.5 Å². The standard InChI is InChI=1S/C50H48ClN3O6/c1-4-44(36-8-6-5-7-9-36)54-28-39-27-47-46(59-30-48(60-47)37-16-20-41(21-17-37)58-29-34-12-18-40(51)19-13-34)26-38(39)25-45(54)49(55)53-43(50(56)57)24-33-10-14-35(15-11-33)42-22-23-52-32(3)31(42)2/h5-23,26-27,43-45,48H,4,24-25,28-30H2,1-3H3,(H,53,55)(H,56,57). The number of rotatable bonds is 13. The highest BCUT2D eigenvalue weighted by molar-refractivity contribution is 6.30. The van der Waals surface area contributed by atoms with E-state index in [1.807, 2.05) is 123 Å². The molecule has 2 N–H and O–H groups in total. The van der Waals surface area contributed by atoms with E-state index in [1.54, 1.807) is 6.20 Å². The Balaban J connectivity index is 0.996. The van der Waals surface area contributed by atoms with Gasteiger partial charge < -0.3 is 24.6 Å². The van der Waals surface area contributed by atoms with Crippen LogP contribution in [-0.4, -0.2) is 45.6 Å². The van der Waals surface area contributed by atoms with E-state index in [1.165, 1.54) is 0 Å². The van der Waals surface area contributed by atoms with Gasteiger partial charge in [0.05, 0.1) is 6.04 Å². The zero-order chi connectivity index (χ0) is 41.8. The maximum atomic E-state index is 14.4. The predicted octanol–water partition coefficient (Wildman–Crippen LogP) is 9.80. The number of aliphatic carboxylic acids is 1. The van der Waals surface area contributed by atoms with E-state index < -0.39 is 18.1 Å². The van der Waals surface area contributed by atoms with Crippen molar-refractivity contribution in [1.82, 2.24) is 15.2 Å². The van der Waals surface area contributed by atoms with E-state index in [4.69, 9.17) is 25.8 Å². The van der Waals surface area contributed by atoms with Gasteiger partial charge >= 0.3 is 5.97 Å². The second-order valence-electron chi connectivity index (χ2n) is 15.6. The first-order chi connectivity index (χ1) is 29.1. The van der Waals surface area contributed by atoms with E-state index in [0.717, 1.165) is 67.9 Å². The smallest absolute Gasteiger partial charge is 0.326 e. The summed E-state index contributed by atoms with van der Waals surface area (Å²) in [5, 5.41) is 14.0. The molecule has 3 heterocycles. The third-order valence-corrected chi connectivity index (χ3v) is 12.0. The number of ether oxygens (including phenoxy) is 3. The Bertz CT molecular complexity index is 2460. The van der Waals surface area contributed by atoms with Crippen molar-refractivity contribution in [2.24, 2.45) is 0 Å². The largest absolute Gasteiger partial charge is 0.489 e. The highest BCUT2D eigenvalue weighted by Gasteiger charge is 2.39. The number of benzene rings is 5. The Hall–Kier alpha value is -6.16. The Kier molecular flexibility index (Phi) is 12.2. The molecule has 0 bridgehead atoms. The summed E-state index contributed by atoms with van der Waals surface area (Å²) in [5.41, 5.74) is 10.1. The molecule has 306 valence electrons. The monoisotopic (exact) mass is 821 g/mol. The van der Waals surface area contributed by atoms with Crippen molar-refractivity contribution < 1.29 is 28.9 Å². The van der Waals surface area contributed by atoms with E-state index in [0.29, 0.717) is 42.7 Å². The molecule has 2 aliphatic heterocycles. The molecule has 4 unspecified atom stereocenters. The number of fused-ring (bicyclic) bond motifs is 2. The number of carboxylic acids is 1. The van der Waals surface area contributed by atoms with Gasteiger partial charge in [-0.05, 0) is 119 Å². The van der Waals surface area contributed by atoms with Crippen LogP contribution in [0.1, 0.15) is 70.1 Å². The van der Waals surface area contributed by atoms with Gasteiger partial charge in [0, 0.05) is 35.9 Å². The summed E-state index contributed by atoms with van der Waals surface area (Å²) in [4.78, 5) is 33.7. The molecule has 2 aliphatic rings. The van der Waals surface area contributed by atoms with Gasteiger partial charge in [0.25, 0.3) is 0 Å². The summed E-state index contributed by atoms with van der Waals surface area (Å²) < 4.78 is 18.9. The third kappa shape index (κ3) is 9.03. The van der Waals surface area contributed by atoms with Gasteiger partial charge in [-0.1, -0.05) is 97.4 Å². The summed E-state index contributed by atoms with van der Waals surface area (Å²) in [6.07, 6.45) is 2.76. The maximum absolute atomic E-state index is 14.4. The SMILES string of the molecule is CCC(c1ccccc1)N1Cc2cc3c(cc2CC1C(=O)NC(Cc1ccc(-c2ccnc(C)c2C)cc1)C(=O)O)OCC(c1ccc(OCc2ccc(Cl)cc2)cc1)O3. The van der Waals surface area contributed by atoms with E-state index >= 15 is 0 Å². The number of nitrogens with zero attached hydrogens (tertiary/aromatic N) is 2. The van der Waals surface area contributed by atoms with Gasteiger partial charge in [0.1, 0.15) is 25.0 Å². The molecule has 4 atom stereocenters. The number of aryl methyl sites for hydroxylation is 1. The van der Waals surface area contributed by atoms with Crippen molar-refractivity contribution in [2.45, 2.75) is 77.4 Å². The zero-order valence-corrected chi connectivity index (χ0v) is 34.7. The van der Waals surface area contributed by atoms with Gasteiger partial charge in [-0.2, -0.15) is 0 Å². The van der Waals surface area contributed by atoms with Gasteiger partial charge in [0.2, 0.25) is 5.91 Å². The van der Waals surface area contributed by atoms with Crippen LogP contribution in [0, 0.1) is 13.8 Å². The minimum Gasteiger partial charge on any atom is -0.489 e. The van der Waals surface area contributed by atoms with Crippen LogP contribution >= 0.6 is 11.6 Å². The summed E-state index contributed by atoms with van der Waals surface area (Å²) in [6.45, 7) is 7.36. The highest BCUT2D eigenvalue weighted by Crippen LogP contribution is 2.42. The number of amides is 1. The molecule has 1 amide bonds. The summed E-state index contributed by atoms with van der Waals surface area (Å²) in [5.74, 6) is 0.616. The number of hydrogen-bond donors (Lipinski definition) is 2. The Morgan fingerprint density at radius 1 is 0.900 bits per heavy atom. The first-order valence-electron chi connectivity index (χ1n) is 20.4. The zero-order valence-electron chi connectivity index (χ0n) is 33.9. The third-order valence-electron chi connectivity index (χ3n) is 11.7. The molecule has 0 spiro atoms. The number of nitrogens with one attached hydrogen (secondary N) is 1. The van der Waals surface area contributed by atoms with Crippen LogP contribution in [-0.2, 0) is 35.6 Å². The minimum absolute atomic E-state index is 0.0902. The molecular weight excluding hydrogens is 774 g/mol. The lowest BCUT2D eigenvalue weighted by atomic mass is 9.89. The average Bonchev–Trinajstić information content (AvgIpc) is 3.27. The molecule has 10 heteroatoms. The van der Waals surface area contributed by atoms with Crippen LogP contribution in [0.3, 0.4) is 0 Å². The molecule has 0 saturated heterocycles. The molecule has 0 radical (unpaired) electrons. The number of pyridine rings is 1. The highest BCUT2D eigenvalue weighted by atomic mass is 35.5. The lowest BCUT2D eigenvalue weighted by molar-refractivity contribution is -0.143. The lowest BCUT2D eigenvalue weighted by Gasteiger charge is -2.42. The van der Waals surface area contributed by atoms with Crippen LogP contribution in [0.25, 0.3) is 11.1 Å². The fraction of sp³-hybridized carbons (Fsp3) is 0.260. The van der Waals surface area contributed by atoms with E-state index in [9.17, 15) is 14.7 Å². The molecule has 1 aromatic heterocycles. The van der Waals surface area contributed by atoms with Gasteiger partial charge in [-0.25, -0.2) is 4.79 Å². The maximum Gasteiger partial charge on any atom is 0.326 e. The molecule has 0 aliphatic carbocycles. The molecular formula is C50H48ClN3O6. The lowest BCUT2D eigenvalue weighted by Crippen LogP contribution is -2.55. The molecule has 0 saturated carbocycles. The second-order valence-corrected chi connectivity index (χ2v) is 16.0. The molecule has 9 nitrogen and oxygen atoms in total. The Morgan fingerprint density at radius 3 is 2.33 bits per heavy atom. The second kappa shape index (κ2) is 18.0. The first kappa shape index (κ1) is 40.6. The predicted molar refractivity (Wildman–Crippen MR) is 232 cm³/mol. The number of carbonyl (C=O) groups excluding carboxylic acids is 1. The molecule has 8 rings (SSSR count). The van der Waals surface area contributed by atoms with Crippen molar-refractivity contribution in [3.8, 4) is 28.4 Å². The van der Waals surface area contributed by atoms with Crippen molar-refractivity contribution in [3.05, 3.63) is 177 Å². The minimum atomic E-state index is -1.12. The Morgan fingerprint density at radius 2 is 1.62 bits per heavy atom. The fourth-order valence-electron chi connectivity index (χ4n) is 8.25. The summed E-state index contributed by atoms with van der Waals surface area (Å²) >= 11 is 6.02. The van der Waals surface area contributed by atoms with E-state index in [2.05, 4.69) is 34.3 Å². The first-order valence-corrected chi connectivity index (χ1v) is 20.8. The number of hydrogen-bond acceptors (Lipinski definition) is 7. The number of halogens is 1. The Labute approximate surface area is 355 Å². The number of aromatic nitrogens is 1. The molecule has 5 aromatic carbocycles. The number of carboxylic acid groups (broad SMARTS) is 1. The molecule has 60 heavy (non-hydrogen) atoms. The average molecular weight is 822 g/mol. The molecule has 6 aromatic rings. The van der Waals surface area contributed by atoms with Crippen LogP contribution in [0.5, 0.6) is 17.2 Å². The normalized spacial score (nSPS) is 16.9. The van der Waals surface area contributed by atoms with Gasteiger partial charge in [-0.3, -0.25) is 14.7 Å². The van der Waals surface area contributed by atoms with Gasteiger partial charge in [0.15, 0.2) is 17.6 Å². The summed E-state index contributed by atoms with van der Waals surface area (Å²) in [7, 11) is 0. The van der Waals surface area contributed by atoms with Crippen LogP contribution in [0.4, 0.5) is 0 Å². The van der Waals surface area contributed by atoms with E-state index in [-0.39, 0.29) is 24.5 Å².